The predicted octanol–water partition coefficient (Wildman–Crippen LogP) is 1.12. The Labute approximate surface area is 114 Å². The third kappa shape index (κ3) is 4.20. The molecule has 1 rings (SSSR count). The van der Waals surface area contributed by atoms with Gasteiger partial charge in [-0.05, 0) is 12.1 Å². The number of rotatable bonds is 5. The highest BCUT2D eigenvalue weighted by Gasteiger charge is 2.36. The summed E-state index contributed by atoms with van der Waals surface area (Å²) in [5.74, 6) is -0.420. The van der Waals surface area contributed by atoms with E-state index in [1.807, 2.05) is 4.72 Å². The summed E-state index contributed by atoms with van der Waals surface area (Å²) in [6.45, 7) is -0.284. The van der Waals surface area contributed by atoms with Crippen molar-refractivity contribution in [2.75, 3.05) is 13.6 Å². The number of nitrogens with one attached hydrogen (secondary N) is 2. The van der Waals surface area contributed by atoms with Crippen molar-refractivity contribution in [2.24, 2.45) is 0 Å². The van der Waals surface area contributed by atoms with Gasteiger partial charge in [0.1, 0.15) is 0 Å². The molecule has 0 aromatic heterocycles. The topological polar surface area (TPSA) is 75.3 Å². The van der Waals surface area contributed by atoms with Crippen LogP contribution in [0.1, 0.15) is 12.0 Å². The van der Waals surface area contributed by atoms with E-state index >= 15 is 0 Å². The molecule has 112 valence electrons. The first-order chi connectivity index (χ1) is 9.18. The minimum atomic E-state index is -4.77. The summed E-state index contributed by atoms with van der Waals surface area (Å²) in [7, 11) is -2.96. The van der Waals surface area contributed by atoms with Gasteiger partial charge in [-0.1, -0.05) is 12.1 Å². The number of amides is 1. The van der Waals surface area contributed by atoms with Gasteiger partial charge in [-0.15, -0.1) is 0 Å². The Bertz CT molecular complexity index is 585. The maximum absolute atomic E-state index is 12.7. The average molecular weight is 310 g/mol. The van der Waals surface area contributed by atoms with Crippen molar-refractivity contribution in [3.05, 3.63) is 29.8 Å². The van der Waals surface area contributed by atoms with E-state index in [9.17, 15) is 26.4 Å². The van der Waals surface area contributed by atoms with E-state index in [2.05, 4.69) is 5.32 Å². The van der Waals surface area contributed by atoms with Gasteiger partial charge in [-0.2, -0.15) is 13.2 Å². The molecule has 0 atom stereocenters. The molecule has 1 aromatic rings. The Morgan fingerprint density at radius 1 is 1.25 bits per heavy atom. The summed E-state index contributed by atoms with van der Waals surface area (Å²) in [6.07, 6.45) is -4.93. The van der Waals surface area contributed by atoms with Gasteiger partial charge in [0, 0.05) is 20.0 Å². The van der Waals surface area contributed by atoms with Crippen LogP contribution in [0.5, 0.6) is 0 Å². The number of carbonyl (C=O) groups excluding carboxylic acids is 1. The highest BCUT2D eigenvalue weighted by molar-refractivity contribution is 7.89. The molecule has 0 aliphatic rings. The smallest absolute Gasteiger partial charge is 0.359 e. The van der Waals surface area contributed by atoms with Gasteiger partial charge < -0.3 is 5.32 Å². The zero-order chi connectivity index (χ0) is 15.4. The fourth-order valence-corrected chi connectivity index (χ4v) is 2.69. The van der Waals surface area contributed by atoms with Crippen LogP contribution in [-0.4, -0.2) is 27.9 Å². The lowest BCUT2D eigenvalue weighted by Crippen LogP contribution is -2.30. The number of halogens is 3. The first-order valence-electron chi connectivity index (χ1n) is 5.55. The van der Waals surface area contributed by atoms with Gasteiger partial charge in [0.25, 0.3) is 0 Å². The molecule has 2 N–H and O–H groups in total. The SMILES string of the molecule is CNC(=O)CCNS(=O)(=O)c1ccccc1C(F)(F)F. The van der Waals surface area contributed by atoms with E-state index in [4.69, 9.17) is 0 Å². The van der Waals surface area contributed by atoms with E-state index in [-0.39, 0.29) is 13.0 Å². The number of hydrogen-bond donors (Lipinski definition) is 2. The van der Waals surface area contributed by atoms with Crippen LogP contribution in [0.15, 0.2) is 29.2 Å². The second-order valence-corrected chi connectivity index (χ2v) is 5.55. The zero-order valence-electron chi connectivity index (χ0n) is 10.5. The maximum atomic E-state index is 12.7. The third-order valence-electron chi connectivity index (χ3n) is 2.40. The van der Waals surface area contributed by atoms with Crippen LogP contribution in [0.3, 0.4) is 0 Å². The lowest BCUT2D eigenvalue weighted by molar-refractivity contribution is -0.139. The molecule has 0 spiro atoms. The van der Waals surface area contributed by atoms with Crippen molar-refractivity contribution >= 4 is 15.9 Å². The van der Waals surface area contributed by atoms with Crippen molar-refractivity contribution in [1.82, 2.24) is 10.0 Å². The minimum absolute atomic E-state index is 0.163. The molecule has 0 saturated heterocycles. The molecular weight excluding hydrogens is 297 g/mol. The van der Waals surface area contributed by atoms with Crippen molar-refractivity contribution in [3.8, 4) is 0 Å². The average Bonchev–Trinajstić information content (AvgIpc) is 2.37. The fraction of sp³-hybridized carbons (Fsp3) is 0.364. The Morgan fingerprint density at radius 3 is 2.40 bits per heavy atom. The Hall–Kier alpha value is -1.61. The molecule has 0 radical (unpaired) electrons. The zero-order valence-corrected chi connectivity index (χ0v) is 11.3. The van der Waals surface area contributed by atoms with Crippen molar-refractivity contribution in [1.29, 1.82) is 0 Å². The third-order valence-corrected chi connectivity index (χ3v) is 3.92. The van der Waals surface area contributed by atoms with E-state index in [0.717, 1.165) is 12.1 Å². The number of benzene rings is 1. The molecule has 0 aliphatic heterocycles. The molecule has 0 aliphatic carbocycles. The van der Waals surface area contributed by atoms with Crippen LogP contribution in [0, 0.1) is 0 Å². The molecule has 0 fully saturated rings. The molecule has 20 heavy (non-hydrogen) atoms. The predicted molar refractivity (Wildman–Crippen MR) is 65.3 cm³/mol. The lowest BCUT2D eigenvalue weighted by Gasteiger charge is -2.13. The highest BCUT2D eigenvalue weighted by Crippen LogP contribution is 2.33. The molecular formula is C11H13F3N2O3S. The van der Waals surface area contributed by atoms with Crippen LogP contribution in [-0.2, 0) is 21.0 Å². The number of sulfonamides is 1. The lowest BCUT2D eigenvalue weighted by atomic mass is 10.2. The fourth-order valence-electron chi connectivity index (χ4n) is 1.44. The van der Waals surface area contributed by atoms with E-state index in [1.54, 1.807) is 0 Å². The van der Waals surface area contributed by atoms with Crippen LogP contribution >= 0.6 is 0 Å². The molecule has 0 bridgehead atoms. The number of carbonyl (C=O) groups is 1. The monoisotopic (exact) mass is 310 g/mol. The number of alkyl halides is 3. The molecule has 0 saturated carbocycles. The second kappa shape index (κ2) is 6.23. The first-order valence-corrected chi connectivity index (χ1v) is 7.03. The van der Waals surface area contributed by atoms with Gasteiger partial charge in [0.2, 0.25) is 15.9 Å². The van der Waals surface area contributed by atoms with Crippen LogP contribution < -0.4 is 10.0 Å². The molecule has 0 unspecified atom stereocenters. The van der Waals surface area contributed by atoms with Gasteiger partial charge in [0.15, 0.2) is 0 Å². The standard InChI is InChI=1S/C11H13F3N2O3S/c1-15-10(17)6-7-16-20(18,19)9-5-3-2-4-8(9)11(12,13)14/h2-5,16H,6-7H2,1H3,(H,15,17). The van der Waals surface area contributed by atoms with Gasteiger partial charge >= 0.3 is 6.18 Å². The summed E-state index contributed by atoms with van der Waals surface area (Å²) in [5, 5.41) is 2.27. The van der Waals surface area contributed by atoms with Gasteiger partial charge in [-0.25, -0.2) is 13.1 Å². The van der Waals surface area contributed by atoms with E-state index < -0.39 is 32.6 Å². The number of hydrogen-bond acceptors (Lipinski definition) is 3. The summed E-state index contributed by atoms with van der Waals surface area (Å²) in [6, 6.07) is 3.85. The highest BCUT2D eigenvalue weighted by atomic mass is 32.2. The molecule has 1 amide bonds. The van der Waals surface area contributed by atoms with E-state index in [0.29, 0.717) is 6.07 Å². The van der Waals surface area contributed by atoms with Crippen molar-refractivity contribution < 1.29 is 26.4 Å². The molecule has 0 heterocycles. The Balaban J connectivity index is 2.96. The van der Waals surface area contributed by atoms with Gasteiger partial charge in [0.05, 0.1) is 10.5 Å². The Kier molecular flexibility index (Phi) is 5.12. The van der Waals surface area contributed by atoms with E-state index in [1.165, 1.54) is 13.1 Å². The molecule has 9 heteroatoms. The van der Waals surface area contributed by atoms with Crippen molar-refractivity contribution in [3.63, 3.8) is 0 Å². The quantitative estimate of drug-likeness (QED) is 0.856. The van der Waals surface area contributed by atoms with Crippen molar-refractivity contribution in [2.45, 2.75) is 17.5 Å². The van der Waals surface area contributed by atoms with Crippen LogP contribution in [0.4, 0.5) is 13.2 Å². The van der Waals surface area contributed by atoms with Gasteiger partial charge in [-0.3, -0.25) is 4.79 Å². The minimum Gasteiger partial charge on any atom is -0.359 e. The summed E-state index contributed by atoms with van der Waals surface area (Å²) >= 11 is 0. The summed E-state index contributed by atoms with van der Waals surface area (Å²) in [5.41, 5.74) is -1.24. The second-order valence-electron chi connectivity index (χ2n) is 3.81. The van der Waals surface area contributed by atoms with Crippen LogP contribution in [0.2, 0.25) is 0 Å². The van der Waals surface area contributed by atoms with Crippen LogP contribution in [0.25, 0.3) is 0 Å². The first kappa shape index (κ1) is 16.4. The maximum Gasteiger partial charge on any atom is 0.417 e. The molecule has 1 aromatic carbocycles. The largest absolute Gasteiger partial charge is 0.417 e. The normalized spacial score (nSPS) is 12.2. The molecule has 5 nitrogen and oxygen atoms in total. The summed E-state index contributed by atoms with van der Waals surface area (Å²) in [4.78, 5) is 10.1. The Morgan fingerprint density at radius 2 is 1.85 bits per heavy atom. The summed E-state index contributed by atoms with van der Waals surface area (Å²) < 4.78 is 63.8.